The molecule has 94 valence electrons. The lowest BCUT2D eigenvalue weighted by molar-refractivity contribution is 0.207. The quantitative estimate of drug-likeness (QED) is 0.940. The maximum atomic E-state index is 10.3. The zero-order valence-electron chi connectivity index (χ0n) is 9.47. The molecule has 1 aromatic heterocycles. The molecule has 2 rings (SSSR count). The molecule has 0 bridgehead atoms. The third-order valence-electron chi connectivity index (χ3n) is 2.40. The van der Waals surface area contributed by atoms with E-state index in [0.717, 1.165) is 4.47 Å². The number of halogens is 2. The van der Waals surface area contributed by atoms with Crippen LogP contribution in [0.1, 0.15) is 17.4 Å². The van der Waals surface area contributed by atoms with E-state index in [2.05, 4.69) is 25.9 Å². The molecule has 0 radical (unpaired) electrons. The molecule has 0 aliphatic rings. The lowest BCUT2D eigenvalue weighted by Gasteiger charge is -2.14. The van der Waals surface area contributed by atoms with E-state index >= 15 is 0 Å². The number of benzene rings is 1. The SMILES string of the molecule is COc1nccnc1C(O)c1cc(Br)ccc1Cl. The van der Waals surface area contributed by atoms with Gasteiger partial charge in [-0.2, -0.15) is 0 Å². The second-order valence-electron chi connectivity index (χ2n) is 3.52. The van der Waals surface area contributed by atoms with E-state index < -0.39 is 6.10 Å². The Bertz CT molecular complexity index is 566. The second kappa shape index (κ2) is 5.65. The average molecular weight is 330 g/mol. The molecule has 1 heterocycles. The highest BCUT2D eigenvalue weighted by molar-refractivity contribution is 9.10. The molecule has 0 amide bonds. The average Bonchev–Trinajstić information content (AvgIpc) is 2.40. The predicted octanol–water partition coefficient (Wildman–Crippen LogP) is 2.98. The Kier molecular flexibility index (Phi) is 4.16. The summed E-state index contributed by atoms with van der Waals surface area (Å²) in [5.74, 6) is 0.279. The minimum absolute atomic E-state index is 0.279. The van der Waals surface area contributed by atoms with Crippen LogP contribution in [0.3, 0.4) is 0 Å². The van der Waals surface area contributed by atoms with E-state index in [4.69, 9.17) is 16.3 Å². The summed E-state index contributed by atoms with van der Waals surface area (Å²) >= 11 is 9.40. The van der Waals surface area contributed by atoms with Gasteiger partial charge in [-0.3, -0.25) is 4.98 Å². The van der Waals surface area contributed by atoms with Crippen molar-refractivity contribution in [2.24, 2.45) is 0 Å². The fourth-order valence-electron chi connectivity index (χ4n) is 1.55. The molecular formula is C12H10BrClN2O2. The fourth-order valence-corrected chi connectivity index (χ4v) is 2.15. The number of hydrogen-bond donors (Lipinski definition) is 1. The molecule has 0 saturated heterocycles. The van der Waals surface area contributed by atoms with Gasteiger partial charge in [0, 0.05) is 27.5 Å². The highest BCUT2D eigenvalue weighted by atomic mass is 79.9. The largest absolute Gasteiger partial charge is 0.480 e. The van der Waals surface area contributed by atoms with Crippen LogP contribution >= 0.6 is 27.5 Å². The first kappa shape index (κ1) is 13.3. The summed E-state index contributed by atoms with van der Waals surface area (Å²) in [7, 11) is 1.47. The molecule has 18 heavy (non-hydrogen) atoms. The van der Waals surface area contributed by atoms with Crippen LogP contribution in [-0.2, 0) is 0 Å². The number of methoxy groups -OCH3 is 1. The maximum absolute atomic E-state index is 10.3. The molecule has 0 spiro atoms. The maximum Gasteiger partial charge on any atom is 0.238 e. The lowest BCUT2D eigenvalue weighted by atomic mass is 10.1. The van der Waals surface area contributed by atoms with Crippen molar-refractivity contribution in [2.45, 2.75) is 6.10 Å². The third-order valence-corrected chi connectivity index (χ3v) is 3.23. The van der Waals surface area contributed by atoms with Crippen LogP contribution in [0.5, 0.6) is 5.88 Å². The van der Waals surface area contributed by atoms with Crippen LogP contribution in [0.2, 0.25) is 5.02 Å². The van der Waals surface area contributed by atoms with Gasteiger partial charge in [0.1, 0.15) is 11.8 Å². The van der Waals surface area contributed by atoms with Crippen molar-refractivity contribution in [1.82, 2.24) is 9.97 Å². The molecule has 4 nitrogen and oxygen atoms in total. The van der Waals surface area contributed by atoms with Gasteiger partial charge in [0.15, 0.2) is 0 Å². The zero-order valence-corrected chi connectivity index (χ0v) is 11.8. The Hall–Kier alpha value is -1.17. The number of nitrogens with zero attached hydrogens (tertiary/aromatic N) is 2. The van der Waals surface area contributed by atoms with Gasteiger partial charge >= 0.3 is 0 Å². The molecule has 1 atom stereocenters. The Morgan fingerprint density at radius 2 is 2.06 bits per heavy atom. The molecular weight excluding hydrogens is 320 g/mol. The van der Waals surface area contributed by atoms with E-state index in [-0.39, 0.29) is 5.88 Å². The first-order valence-corrected chi connectivity index (χ1v) is 6.28. The summed E-state index contributed by atoms with van der Waals surface area (Å²) in [4.78, 5) is 8.08. The molecule has 2 aromatic rings. The third kappa shape index (κ3) is 2.63. The molecule has 1 aromatic carbocycles. The van der Waals surface area contributed by atoms with Crippen LogP contribution in [0.15, 0.2) is 35.1 Å². The van der Waals surface area contributed by atoms with Crippen molar-refractivity contribution in [3.8, 4) is 5.88 Å². The number of ether oxygens (including phenoxy) is 1. The van der Waals surface area contributed by atoms with Crippen LogP contribution in [0.4, 0.5) is 0 Å². The number of aromatic nitrogens is 2. The van der Waals surface area contributed by atoms with Gasteiger partial charge in [-0.25, -0.2) is 4.98 Å². The molecule has 6 heteroatoms. The van der Waals surface area contributed by atoms with Crippen molar-refractivity contribution < 1.29 is 9.84 Å². The summed E-state index contributed by atoms with van der Waals surface area (Å²) in [5, 5.41) is 10.8. The van der Waals surface area contributed by atoms with Crippen molar-refractivity contribution in [3.05, 3.63) is 51.3 Å². The van der Waals surface area contributed by atoms with Crippen molar-refractivity contribution in [2.75, 3.05) is 7.11 Å². The Balaban J connectivity index is 2.47. The zero-order chi connectivity index (χ0) is 13.1. The molecule has 0 saturated carbocycles. The number of aliphatic hydroxyl groups is 1. The van der Waals surface area contributed by atoms with Crippen LogP contribution in [-0.4, -0.2) is 22.2 Å². The minimum atomic E-state index is -0.987. The molecule has 0 aliphatic carbocycles. The number of hydrogen-bond acceptors (Lipinski definition) is 4. The summed E-state index contributed by atoms with van der Waals surface area (Å²) in [5.41, 5.74) is 0.879. The van der Waals surface area contributed by atoms with E-state index in [0.29, 0.717) is 16.3 Å². The molecule has 1 N–H and O–H groups in total. The van der Waals surface area contributed by atoms with E-state index in [1.165, 1.54) is 19.5 Å². The summed E-state index contributed by atoms with van der Waals surface area (Å²) in [6.07, 6.45) is 2.00. The van der Waals surface area contributed by atoms with E-state index in [1.807, 2.05) is 0 Å². The van der Waals surface area contributed by atoms with Gasteiger partial charge in [0.05, 0.1) is 7.11 Å². The monoisotopic (exact) mass is 328 g/mol. The van der Waals surface area contributed by atoms with E-state index in [1.54, 1.807) is 18.2 Å². The van der Waals surface area contributed by atoms with E-state index in [9.17, 15) is 5.11 Å². The van der Waals surface area contributed by atoms with Gasteiger partial charge in [-0.1, -0.05) is 27.5 Å². The number of rotatable bonds is 3. The Morgan fingerprint density at radius 3 is 2.78 bits per heavy atom. The predicted molar refractivity (Wildman–Crippen MR) is 71.8 cm³/mol. The standard InChI is InChI=1S/C12H10BrClN2O2/c1-18-12-10(15-4-5-16-12)11(17)8-6-7(13)2-3-9(8)14/h2-6,11,17H,1H3. The molecule has 0 aliphatic heterocycles. The van der Waals surface area contributed by atoms with Crippen molar-refractivity contribution in [1.29, 1.82) is 0 Å². The first-order chi connectivity index (χ1) is 8.63. The summed E-state index contributed by atoms with van der Waals surface area (Å²) in [6, 6.07) is 5.24. The highest BCUT2D eigenvalue weighted by Gasteiger charge is 2.20. The topological polar surface area (TPSA) is 55.2 Å². The first-order valence-electron chi connectivity index (χ1n) is 5.11. The molecule has 1 unspecified atom stereocenters. The van der Waals surface area contributed by atoms with Crippen LogP contribution in [0, 0.1) is 0 Å². The number of aliphatic hydroxyl groups excluding tert-OH is 1. The smallest absolute Gasteiger partial charge is 0.238 e. The lowest BCUT2D eigenvalue weighted by Crippen LogP contribution is -2.06. The van der Waals surface area contributed by atoms with Gasteiger partial charge in [-0.05, 0) is 18.2 Å². The van der Waals surface area contributed by atoms with Crippen molar-refractivity contribution in [3.63, 3.8) is 0 Å². The second-order valence-corrected chi connectivity index (χ2v) is 4.84. The van der Waals surface area contributed by atoms with Crippen LogP contribution in [0.25, 0.3) is 0 Å². The highest BCUT2D eigenvalue weighted by Crippen LogP contribution is 2.32. The van der Waals surface area contributed by atoms with Gasteiger partial charge < -0.3 is 9.84 Å². The summed E-state index contributed by atoms with van der Waals surface area (Å²) in [6.45, 7) is 0. The van der Waals surface area contributed by atoms with Gasteiger partial charge in [-0.15, -0.1) is 0 Å². The van der Waals surface area contributed by atoms with Crippen LogP contribution < -0.4 is 4.74 Å². The fraction of sp³-hybridized carbons (Fsp3) is 0.167. The van der Waals surface area contributed by atoms with Gasteiger partial charge in [0.2, 0.25) is 5.88 Å². The molecule has 0 fully saturated rings. The van der Waals surface area contributed by atoms with Crippen molar-refractivity contribution >= 4 is 27.5 Å². The Morgan fingerprint density at radius 1 is 1.33 bits per heavy atom. The summed E-state index contributed by atoms with van der Waals surface area (Å²) < 4.78 is 5.89. The van der Waals surface area contributed by atoms with Gasteiger partial charge in [0.25, 0.3) is 0 Å². The minimum Gasteiger partial charge on any atom is -0.480 e. The Labute approximate surface area is 118 Å². The normalized spacial score (nSPS) is 12.2.